The topological polar surface area (TPSA) is 78.6 Å². The number of carbonyl (C=O) groups is 2. The molecule has 1 rings (SSSR count). The first kappa shape index (κ1) is 13.8. The summed E-state index contributed by atoms with van der Waals surface area (Å²) in [6.45, 7) is 1.42. The zero-order valence-corrected chi connectivity index (χ0v) is 10.3. The number of hydrogen-bond donors (Lipinski definition) is 1. The molecule has 0 aromatic heterocycles. The van der Waals surface area contributed by atoms with Crippen LogP contribution in [0.15, 0.2) is 30.3 Å². The van der Waals surface area contributed by atoms with Crippen molar-refractivity contribution < 1.29 is 19.1 Å². The molecule has 1 atom stereocenters. The van der Waals surface area contributed by atoms with Gasteiger partial charge in [-0.2, -0.15) is 0 Å². The second-order valence-corrected chi connectivity index (χ2v) is 3.59. The Morgan fingerprint density at radius 2 is 1.89 bits per heavy atom. The highest BCUT2D eigenvalue weighted by molar-refractivity contribution is 5.89. The zero-order chi connectivity index (χ0) is 13.5. The highest BCUT2D eigenvalue weighted by Gasteiger charge is 2.11. The molecule has 0 unspecified atom stereocenters. The maximum Gasteiger partial charge on any atom is 0.331 e. The Labute approximate surface area is 105 Å². The number of primary amides is 1. The molecule has 0 aliphatic rings. The fraction of sp³-hybridized carbons (Fsp3) is 0.231. The summed E-state index contributed by atoms with van der Waals surface area (Å²) in [4.78, 5) is 22.0. The van der Waals surface area contributed by atoms with Crippen molar-refractivity contribution in [2.24, 2.45) is 5.73 Å². The maximum absolute atomic E-state index is 11.3. The van der Waals surface area contributed by atoms with E-state index in [1.807, 2.05) is 0 Å². The molecule has 96 valence electrons. The monoisotopic (exact) mass is 249 g/mol. The van der Waals surface area contributed by atoms with Gasteiger partial charge in [0.1, 0.15) is 5.75 Å². The normalized spacial score (nSPS) is 12.1. The van der Waals surface area contributed by atoms with Crippen molar-refractivity contribution >= 4 is 18.0 Å². The van der Waals surface area contributed by atoms with Gasteiger partial charge in [0, 0.05) is 6.08 Å². The Kier molecular flexibility index (Phi) is 4.92. The molecule has 1 amide bonds. The number of hydrogen-bond acceptors (Lipinski definition) is 4. The van der Waals surface area contributed by atoms with Gasteiger partial charge in [-0.25, -0.2) is 4.79 Å². The fourth-order valence-corrected chi connectivity index (χ4v) is 1.15. The third kappa shape index (κ3) is 4.29. The van der Waals surface area contributed by atoms with Crippen molar-refractivity contribution in [3.05, 3.63) is 35.9 Å². The quantitative estimate of drug-likeness (QED) is 0.626. The minimum absolute atomic E-state index is 0.614. The number of nitrogens with two attached hydrogens (primary N) is 1. The number of amides is 1. The molecule has 0 saturated carbocycles. The van der Waals surface area contributed by atoms with Crippen LogP contribution >= 0.6 is 0 Å². The molecule has 18 heavy (non-hydrogen) atoms. The van der Waals surface area contributed by atoms with Crippen LogP contribution in [-0.2, 0) is 14.3 Å². The Hall–Kier alpha value is -2.30. The van der Waals surface area contributed by atoms with E-state index in [2.05, 4.69) is 0 Å². The summed E-state index contributed by atoms with van der Waals surface area (Å²) in [5.74, 6) is -0.560. The van der Waals surface area contributed by atoms with Crippen LogP contribution in [0.4, 0.5) is 0 Å². The van der Waals surface area contributed by atoms with E-state index in [1.54, 1.807) is 37.5 Å². The predicted octanol–water partition coefficient (Wildman–Crippen LogP) is 1.13. The Morgan fingerprint density at radius 1 is 1.28 bits per heavy atom. The lowest BCUT2D eigenvalue weighted by molar-refractivity contribution is -0.148. The Morgan fingerprint density at radius 3 is 2.39 bits per heavy atom. The minimum Gasteiger partial charge on any atom is -0.497 e. The van der Waals surface area contributed by atoms with Gasteiger partial charge in [-0.3, -0.25) is 4.79 Å². The van der Waals surface area contributed by atoms with Crippen molar-refractivity contribution in [3.8, 4) is 5.75 Å². The van der Waals surface area contributed by atoms with E-state index >= 15 is 0 Å². The summed E-state index contributed by atoms with van der Waals surface area (Å²) in [7, 11) is 1.58. The third-order valence-electron chi connectivity index (χ3n) is 2.22. The number of methoxy groups -OCH3 is 1. The highest BCUT2D eigenvalue weighted by Crippen LogP contribution is 2.12. The number of rotatable bonds is 5. The molecular formula is C13H15NO4. The molecule has 0 heterocycles. The second-order valence-electron chi connectivity index (χ2n) is 3.59. The van der Waals surface area contributed by atoms with Crippen molar-refractivity contribution in [1.82, 2.24) is 0 Å². The van der Waals surface area contributed by atoms with Gasteiger partial charge >= 0.3 is 5.97 Å². The lowest BCUT2D eigenvalue weighted by Gasteiger charge is -2.06. The summed E-state index contributed by atoms with van der Waals surface area (Å²) >= 11 is 0. The molecule has 5 nitrogen and oxygen atoms in total. The van der Waals surface area contributed by atoms with Crippen LogP contribution in [0.5, 0.6) is 5.75 Å². The summed E-state index contributed by atoms with van der Waals surface area (Å²) in [5, 5.41) is 0. The molecule has 0 aliphatic heterocycles. The lowest BCUT2D eigenvalue weighted by atomic mass is 10.2. The average Bonchev–Trinajstić information content (AvgIpc) is 2.36. The molecule has 0 bridgehead atoms. The molecule has 0 spiro atoms. The second kappa shape index (κ2) is 6.44. The Bertz CT molecular complexity index is 451. The molecule has 0 aliphatic carbocycles. The first-order chi connectivity index (χ1) is 8.52. The smallest absolute Gasteiger partial charge is 0.331 e. The van der Waals surface area contributed by atoms with E-state index in [1.165, 1.54) is 13.0 Å². The van der Waals surface area contributed by atoms with Gasteiger partial charge in [-0.05, 0) is 30.7 Å². The van der Waals surface area contributed by atoms with E-state index in [9.17, 15) is 9.59 Å². The molecule has 0 radical (unpaired) electrons. The first-order valence-electron chi connectivity index (χ1n) is 5.35. The van der Waals surface area contributed by atoms with E-state index in [4.69, 9.17) is 15.2 Å². The van der Waals surface area contributed by atoms with Gasteiger partial charge < -0.3 is 15.2 Å². The van der Waals surface area contributed by atoms with Crippen LogP contribution in [0.25, 0.3) is 6.08 Å². The van der Waals surface area contributed by atoms with Crippen molar-refractivity contribution in [2.45, 2.75) is 13.0 Å². The van der Waals surface area contributed by atoms with Crippen LogP contribution in [0.2, 0.25) is 0 Å². The number of ether oxygens (including phenoxy) is 2. The number of carbonyl (C=O) groups excluding carboxylic acids is 2. The molecule has 1 aromatic carbocycles. The Balaban J connectivity index is 2.57. The number of esters is 1. The van der Waals surface area contributed by atoms with E-state index in [-0.39, 0.29) is 0 Å². The SMILES string of the molecule is COc1ccc(/C=C/C(=O)O[C@@H](C)C(N)=O)cc1. The standard InChI is InChI=1S/C13H15NO4/c1-9(13(14)16)18-12(15)8-5-10-3-6-11(17-2)7-4-10/h3-9H,1-2H3,(H2,14,16)/b8-5+/t9-/m0/s1. The molecule has 1 aromatic rings. The fourth-order valence-electron chi connectivity index (χ4n) is 1.15. The molecule has 5 heteroatoms. The lowest BCUT2D eigenvalue weighted by Crippen LogP contribution is -2.29. The van der Waals surface area contributed by atoms with E-state index < -0.39 is 18.0 Å². The van der Waals surface area contributed by atoms with Crippen LogP contribution in [-0.4, -0.2) is 25.1 Å². The third-order valence-corrected chi connectivity index (χ3v) is 2.22. The van der Waals surface area contributed by atoms with E-state index in [0.29, 0.717) is 0 Å². The summed E-state index contributed by atoms with van der Waals surface area (Å²) in [5.41, 5.74) is 5.79. The van der Waals surface area contributed by atoms with Crippen LogP contribution in [0, 0.1) is 0 Å². The van der Waals surface area contributed by atoms with Crippen LogP contribution in [0.3, 0.4) is 0 Å². The maximum atomic E-state index is 11.3. The number of benzene rings is 1. The van der Waals surface area contributed by atoms with Crippen LogP contribution < -0.4 is 10.5 Å². The van der Waals surface area contributed by atoms with Crippen LogP contribution in [0.1, 0.15) is 12.5 Å². The summed E-state index contributed by atoms with van der Waals surface area (Å²) in [6, 6.07) is 7.13. The first-order valence-corrected chi connectivity index (χ1v) is 5.35. The van der Waals surface area contributed by atoms with Gasteiger partial charge in [0.2, 0.25) is 0 Å². The largest absolute Gasteiger partial charge is 0.497 e. The van der Waals surface area contributed by atoms with Crippen molar-refractivity contribution in [2.75, 3.05) is 7.11 Å². The molecule has 0 saturated heterocycles. The highest BCUT2D eigenvalue weighted by atomic mass is 16.5. The van der Waals surface area contributed by atoms with Crippen molar-refractivity contribution in [1.29, 1.82) is 0 Å². The van der Waals surface area contributed by atoms with Gasteiger partial charge in [0.05, 0.1) is 7.11 Å². The van der Waals surface area contributed by atoms with Crippen molar-refractivity contribution in [3.63, 3.8) is 0 Å². The van der Waals surface area contributed by atoms with Gasteiger partial charge in [0.15, 0.2) is 6.10 Å². The molecular weight excluding hydrogens is 234 g/mol. The summed E-state index contributed by atoms with van der Waals surface area (Å²) < 4.78 is 9.76. The van der Waals surface area contributed by atoms with E-state index in [0.717, 1.165) is 11.3 Å². The van der Waals surface area contributed by atoms with Gasteiger partial charge in [-0.1, -0.05) is 12.1 Å². The predicted molar refractivity (Wildman–Crippen MR) is 66.8 cm³/mol. The zero-order valence-electron chi connectivity index (χ0n) is 10.3. The molecule has 0 fully saturated rings. The van der Waals surface area contributed by atoms with Gasteiger partial charge in [0.25, 0.3) is 5.91 Å². The molecule has 2 N–H and O–H groups in total. The average molecular weight is 249 g/mol. The minimum atomic E-state index is -0.932. The van der Waals surface area contributed by atoms with Gasteiger partial charge in [-0.15, -0.1) is 0 Å². The summed E-state index contributed by atoms with van der Waals surface area (Å²) in [6.07, 6.45) is 1.88.